The van der Waals surface area contributed by atoms with E-state index in [0.717, 1.165) is 16.0 Å². The summed E-state index contributed by atoms with van der Waals surface area (Å²) in [6.45, 7) is 3.21. The molecule has 0 saturated heterocycles. The molecule has 1 aromatic rings. The van der Waals surface area contributed by atoms with Crippen molar-refractivity contribution in [3.63, 3.8) is 0 Å². The summed E-state index contributed by atoms with van der Waals surface area (Å²) in [5.41, 5.74) is 1.17. The molecule has 1 aromatic carbocycles. The first kappa shape index (κ1) is 15.4. The highest BCUT2D eigenvalue weighted by atomic mass is 79.9. The topological polar surface area (TPSA) is 12.0 Å². The van der Waals surface area contributed by atoms with E-state index in [1.807, 2.05) is 23.9 Å². The van der Waals surface area contributed by atoms with Gasteiger partial charge in [-0.15, -0.1) is 0 Å². The monoisotopic (exact) mass is 335 g/mol. The molecule has 0 aliphatic heterocycles. The lowest BCUT2D eigenvalue weighted by Crippen LogP contribution is -2.20. The minimum absolute atomic E-state index is 0.310. The Labute approximate surface area is 122 Å². The van der Waals surface area contributed by atoms with Gasteiger partial charge in [-0.1, -0.05) is 33.6 Å². The first-order chi connectivity index (χ1) is 8.15. The van der Waals surface area contributed by atoms with Crippen molar-refractivity contribution in [1.82, 2.24) is 5.32 Å². The minimum atomic E-state index is 0.310. The molecule has 0 aliphatic rings. The van der Waals surface area contributed by atoms with E-state index in [1.165, 1.54) is 24.2 Å². The fourth-order valence-electron chi connectivity index (χ4n) is 1.65. The number of hydrogen-bond acceptors (Lipinski definition) is 2. The van der Waals surface area contributed by atoms with Crippen LogP contribution in [-0.2, 0) is 0 Å². The average Bonchev–Trinajstić information content (AvgIpc) is 2.28. The molecule has 0 spiro atoms. The molecule has 0 aromatic heterocycles. The smallest absolute Gasteiger partial charge is 0.0464 e. The average molecular weight is 337 g/mol. The molecular weight excluding hydrogens is 318 g/mol. The summed E-state index contributed by atoms with van der Waals surface area (Å²) in [7, 11) is 0. The van der Waals surface area contributed by atoms with Crippen LogP contribution in [0.5, 0.6) is 0 Å². The largest absolute Gasteiger partial charge is 0.310 e. The number of benzene rings is 1. The van der Waals surface area contributed by atoms with Crippen LogP contribution in [0.2, 0.25) is 5.02 Å². The van der Waals surface area contributed by atoms with E-state index in [4.69, 9.17) is 11.6 Å². The van der Waals surface area contributed by atoms with E-state index in [-0.39, 0.29) is 0 Å². The second-order valence-corrected chi connectivity index (χ2v) is 6.35. The quantitative estimate of drug-likeness (QED) is 0.711. The van der Waals surface area contributed by atoms with Crippen molar-refractivity contribution in [2.45, 2.75) is 25.8 Å². The molecule has 0 radical (unpaired) electrons. The van der Waals surface area contributed by atoms with E-state index in [2.05, 4.69) is 40.5 Å². The lowest BCUT2D eigenvalue weighted by molar-refractivity contribution is 0.556. The highest BCUT2D eigenvalue weighted by Gasteiger charge is 2.08. The third-order valence-electron chi connectivity index (χ3n) is 2.65. The van der Waals surface area contributed by atoms with Crippen molar-refractivity contribution in [3.8, 4) is 0 Å². The fourth-order valence-corrected chi connectivity index (χ4v) is 2.98. The summed E-state index contributed by atoms with van der Waals surface area (Å²) in [6, 6.07) is 6.37. The molecule has 0 fully saturated rings. The van der Waals surface area contributed by atoms with E-state index in [9.17, 15) is 0 Å². The van der Waals surface area contributed by atoms with Crippen molar-refractivity contribution < 1.29 is 0 Å². The van der Waals surface area contributed by atoms with Gasteiger partial charge >= 0.3 is 0 Å². The van der Waals surface area contributed by atoms with Crippen LogP contribution in [-0.4, -0.2) is 18.6 Å². The van der Waals surface area contributed by atoms with Crippen molar-refractivity contribution in [2.75, 3.05) is 18.6 Å². The molecule has 4 heteroatoms. The van der Waals surface area contributed by atoms with Crippen LogP contribution in [0.25, 0.3) is 0 Å². The highest BCUT2D eigenvalue weighted by molar-refractivity contribution is 9.10. The van der Waals surface area contributed by atoms with Crippen LogP contribution in [0, 0.1) is 0 Å². The predicted octanol–water partition coefficient (Wildman–Crippen LogP) is 4.90. The molecule has 0 aliphatic carbocycles. The Morgan fingerprint density at radius 3 is 2.82 bits per heavy atom. The molecule has 1 N–H and O–H groups in total. The standard InChI is InChI=1S/C13H19BrClNS/c1-10(16-7-3-4-8-17-2)12-6-5-11(14)9-13(12)15/h5-6,9-10,16H,3-4,7-8H2,1-2H3. The Hall–Kier alpha value is 0.300. The van der Waals surface area contributed by atoms with Gasteiger partial charge in [-0.2, -0.15) is 11.8 Å². The minimum Gasteiger partial charge on any atom is -0.310 e. The van der Waals surface area contributed by atoms with Crippen LogP contribution in [0.4, 0.5) is 0 Å². The molecule has 0 bridgehead atoms. The predicted molar refractivity (Wildman–Crippen MR) is 83.2 cm³/mol. The Balaban J connectivity index is 2.38. The van der Waals surface area contributed by atoms with Crippen molar-refractivity contribution in [2.24, 2.45) is 0 Å². The normalized spacial score (nSPS) is 12.7. The third kappa shape index (κ3) is 5.64. The molecule has 0 heterocycles. The molecule has 17 heavy (non-hydrogen) atoms. The number of hydrogen-bond donors (Lipinski definition) is 1. The Morgan fingerprint density at radius 1 is 1.41 bits per heavy atom. The molecule has 1 unspecified atom stereocenters. The first-order valence-corrected chi connectivity index (χ1v) is 8.39. The summed E-state index contributed by atoms with van der Waals surface area (Å²) in [5.74, 6) is 1.25. The Bertz CT molecular complexity index is 346. The maximum Gasteiger partial charge on any atom is 0.0464 e. The summed E-state index contributed by atoms with van der Waals surface area (Å²) >= 11 is 11.5. The van der Waals surface area contributed by atoms with Gasteiger partial charge < -0.3 is 5.32 Å². The molecule has 0 saturated carbocycles. The van der Waals surface area contributed by atoms with Gasteiger partial charge in [0.2, 0.25) is 0 Å². The highest BCUT2D eigenvalue weighted by Crippen LogP contribution is 2.26. The van der Waals surface area contributed by atoms with Gasteiger partial charge in [0.1, 0.15) is 0 Å². The Kier molecular flexibility index (Phi) is 7.60. The summed E-state index contributed by atoms with van der Waals surface area (Å²) in [4.78, 5) is 0. The zero-order valence-electron chi connectivity index (χ0n) is 10.3. The maximum atomic E-state index is 6.21. The van der Waals surface area contributed by atoms with Gasteiger partial charge in [-0.25, -0.2) is 0 Å². The molecular formula is C13H19BrClNS. The number of unbranched alkanes of at least 4 members (excludes halogenated alkanes) is 1. The van der Waals surface area contributed by atoms with Gasteiger partial charge in [0.15, 0.2) is 0 Å². The van der Waals surface area contributed by atoms with Gasteiger partial charge in [0.25, 0.3) is 0 Å². The van der Waals surface area contributed by atoms with Crippen LogP contribution in [0.15, 0.2) is 22.7 Å². The van der Waals surface area contributed by atoms with Crippen LogP contribution in [0.3, 0.4) is 0 Å². The van der Waals surface area contributed by atoms with Gasteiger partial charge in [-0.05, 0) is 56.0 Å². The lowest BCUT2D eigenvalue weighted by Gasteiger charge is -2.15. The second kappa shape index (κ2) is 8.41. The molecule has 1 rings (SSSR count). The second-order valence-electron chi connectivity index (χ2n) is 4.04. The SMILES string of the molecule is CSCCCCNC(C)c1ccc(Br)cc1Cl. The maximum absolute atomic E-state index is 6.21. The van der Waals surface area contributed by atoms with E-state index in [1.54, 1.807) is 0 Å². The zero-order chi connectivity index (χ0) is 12.7. The number of nitrogens with one attached hydrogen (secondary N) is 1. The molecule has 96 valence electrons. The van der Waals surface area contributed by atoms with E-state index in [0.29, 0.717) is 6.04 Å². The summed E-state index contributed by atoms with van der Waals surface area (Å²) < 4.78 is 1.03. The summed E-state index contributed by atoms with van der Waals surface area (Å²) in [5, 5.41) is 4.33. The van der Waals surface area contributed by atoms with Crippen molar-refractivity contribution in [3.05, 3.63) is 33.3 Å². The van der Waals surface area contributed by atoms with Gasteiger partial charge in [0.05, 0.1) is 0 Å². The number of thioether (sulfide) groups is 1. The van der Waals surface area contributed by atoms with Gasteiger partial charge in [-0.3, -0.25) is 0 Å². The molecule has 1 nitrogen and oxygen atoms in total. The molecule has 1 atom stereocenters. The van der Waals surface area contributed by atoms with Crippen LogP contribution < -0.4 is 5.32 Å². The summed E-state index contributed by atoms with van der Waals surface area (Å²) in [6.07, 6.45) is 4.64. The third-order valence-corrected chi connectivity index (χ3v) is 4.17. The van der Waals surface area contributed by atoms with Gasteiger partial charge in [0, 0.05) is 15.5 Å². The molecule has 0 amide bonds. The van der Waals surface area contributed by atoms with Crippen LogP contribution >= 0.6 is 39.3 Å². The first-order valence-electron chi connectivity index (χ1n) is 5.82. The lowest BCUT2D eigenvalue weighted by atomic mass is 10.1. The number of halogens is 2. The van der Waals surface area contributed by atoms with E-state index >= 15 is 0 Å². The van der Waals surface area contributed by atoms with E-state index < -0.39 is 0 Å². The fraction of sp³-hybridized carbons (Fsp3) is 0.538. The zero-order valence-corrected chi connectivity index (χ0v) is 13.5. The Morgan fingerprint density at radius 2 is 2.18 bits per heavy atom. The van der Waals surface area contributed by atoms with Crippen LogP contribution in [0.1, 0.15) is 31.4 Å². The number of rotatable bonds is 7. The van der Waals surface area contributed by atoms with Crippen molar-refractivity contribution in [1.29, 1.82) is 0 Å². The van der Waals surface area contributed by atoms with Crippen molar-refractivity contribution >= 4 is 39.3 Å².